The van der Waals surface area contributed by atoms with Crippen molar-refractivity contribution in [3.05, 3.63) is 36.4 Å². The molecule has 1 aromatic heterocycles. The number of carbonyl (C=O) groups excluding carboxylic acids is 1. The Hall–Kier alpha value is -1.34. The number of nitrogens with zero attached hydrogens (tertiary/aromatic N) is 3. The van der Waals surface area contributed by atoms with Crippen molar-refractivity contribution < 1.29 is 4.79 Å². The average molecular weight is 387 g/mol. The first-order chi connectivity index (χ1) is 10.8. The van der Waals surface area contributed by atoms with Gasteiger partial charge in [0.25, 0.3) is 0 Å². The number of carbonyl (C=O) groups is 1. The van der Waals surface area contributed by atoms with Gasteiger partial charge in [-0.1, -0.05) is 24.3 Å². The lowest BCUT2D eigenvalue weighted by molar-refractivity contribution is -0.132. The zero-order valence-corrected chi connectivity index (χ0v) is 15.5. The van der Waals surface area contributed by atoms with Gasteiger partial charge in [0.2, 0.25) is 5.91 Å². The van der Waals surface area contributed by atoms with E-state index in [2.05, 4.69) is 32.8 Å². The summed E-state index contributed by atoms with van der Waals surface area (Å²) in [4.78, 5) is 16.6. The minimum atomic E-state index is -0.133. The zero-order chi connectivity index (χ0) is 14.9. The molecule has 1 saturated heterocycles. The number of halogens is 2. The first-order valence-electron chi connectivity index (χ1n) is 7.61. The van der Waals surface area contributed by atoms with Crippen LogP contribution in [0.2, 0.25) is 0 Å². The van der Waals surface area contributed by atoms with Gasteiger partial charge in [0.15, 0.2) is 0 Å². The van der Waals surface area contributed by atoms with Crippen LogP contribution in [0.4, 0.5) is 5.82 Å². The monoisotopic (exact) mass is 386 g/mol. The first-order valence-corrected chi connectivity index (χ1v) is 8.38. The first kappa shape index (κ1) is 19.0. The molecule has 1 atom stereocenters. The van der Waals surface area contributed by atoms with Gasteiger partial charge in [0, 0.05) is 38.1 Å². The van der Waals surface area contributed by atoms with Gasteiger partial charge >= 0.3 is 0 Å². The van der Waals surface area contributed by atoms with Gasteiger partial charge in [0.05, 0.1) is 4.70 Å². The Kier molecular flexibility index (Phi) is 6.46. The van der Waals surface area contributed by atoms with Crippen LogP contribution in [-0.2, 0) is 4.79 Å². The molecule has 5 nitrogen and oxygen atoms in total. The highest BCUT2D eigenvalue weighted by Gasteiger charge is 2.28. The Morgan fingerprint density at radius 2 is 1.92 bits per heavy atom. The average Bonchev–Trinajstić information content (AvgIpc) is 3.24. The number of hydrogen-bond donors (Lipinski definition) is 1. The SMILES string of the molecule is Cl.Cl.O=C(C1C=CCN1)N1CCN(c2nsc3ccccc23)CC1. The maximum Gasteiger partial charge on any atom is 0.243 e. The fourth-order valence-corrected chi connectivity index (χ4v) is 3.87. The highest BCUT2D eigenvalue weighted by molar-refractivity contribution is 7.13. The smallest absolute Gasteiger partial charge is 0.243 e. The number of rotatable bonds is 2. The van der Waals surface area contributed by atoms with Crippen LogP contribution in [0.1, 0.15) is 0 Å². The second-order valence-corrected chi connectivity index (χ2v) is 6.43. The molecule has 1 fully saturated rings. The lowest BCUT2D eigenvalue weighted by atomic mass is 10.2. The maximum atomic E-state index is 12.4. The molecule has 1 N–H and O–H groups in total. The van der Waals surface area contributed by atoms with Crippen molar-refractivity contribution in [1.29, 1.82) is 0 Å². The van der Waals surface area contributed by atoms with Crippen molar-refractivity contribution in [1.82, 2.24) is 14.6 Å². The molecule has 0 saturated carbocycles. The maximum absolute atomic E-state index is 12.4. The number of hydrogen-bond acceptors (Lipinski definition) is 5. The summed E-state index contributed by atoms with van der Waals surface area (Å²) in [5.74, 6) is 1.25. The number of aromatic nitrogens is 1. The van der Waals surface area contributed by atoms with E-state index in [4.69, 9.17) is 0 Å². The summed E-state index contributed by atoms with van der Waals surface area (Å²) in [5.41, 5.74) is 0. The molecule has 2 aromatic rings. The van der Waals surface area contributed by atoms with Gasteiger partial charge in [-0.15, -0.1) is 24.8 Å². The van der Waals surface area contributed by atoms with Crippen molar-refractivity contribution in [3.8, 4) is 0 Å². The van der Waals surface area contributed by atoms with Crippen molar-refractivity contribution >= 4 is 58.2 Å². The summed E-state index contributed by atoms with van der Waals surface area (Å²) in [6, 6.07) is 8.20. The predicted octanol–water partition coefficient (Wildman–Crippen LogP) is 2.32. The van der Waals surface area contributed by atoms with E-state index in [1.54, 1.807) is 11.5 Å². The molecule has 1 unspecified atom stereocenters. The van der Waals surface area contributed by atoms with Crippen LogP contribution in [0.25, 0.3) is 10.1 Å². The van der Waals surface area contributed by atoms with Crippen molar-refractivity contribution in [3.63, 3.8) is 0 Å². The number of piperazine rings is 1. The second-order valence-electron chi connectivity index (χ2n) is 5.63. The molecule has 2 aliphatic rings. The molecule has 0 bridgehead atoms. The Labute approximate surface area is 157 Å². The summed E-state index contributed by atoms with van der Waals surface area (Å²) in [6.45, 7) is 4.00. The highest BCUT2D eigenvalue weighted by atomic mass is 35.5. The minimum Gasteiger partial charge on any atom is -0.352 e. The molecule has 8 heteroatoms. The van der Waals surface area contributed by atoms with E-state index in [-0.39, 0.29) is 36.8 Å². The normalized spacial score (nSPS) is 19.9. The van der Waals surface area contributed by atoms with Gasteiger partial charge in [-0.05, 0) is 23.7 Å². The van der Waals surface area contributed by atoms with Crippen molar-refractivity contribution in [2.24, 2.45) is 0 Å². The topological polar surface area (TPSA) is 48.5 Å². The van der Waals surface area contributed by atoms with Crippen LogP contribution in [0, 0.1) is 0 Å². The highest BCUT2D eigenvalue weighted by Crippen LogP contribution is 2.29. The van der Waals surface area contributed by atoms with Crippen molar-refractivity contribution in [2.75, 3.05) is 37.6 Å². The van der Waals surface area contributed by atoms with E-state index < -0.39 is 0 Å². The lowest BCUT2D eigenvalue weighted by Gasteiger charge is -2.36. The van der Waals surface area contributed by atoms with E-state index in [1.807, 2.05) is 23.1 Å². The van der Waals surface area contributed by atoms with E-state index >= 15 is 0 Å². The van der Waals surface area contributed by atoms with Crippen LogP contribution < -0.4 is 10.2 Å². The number of anilines is 1. The molecule has 1 aromatic carbocycles. The summed E-state index contributed by atoms with van der Waals surface area (Å²) in [7, 11) is 0. The number of amides is 1. The number of nitrogens with one attached hydrogen (secondary N) is 1. The van der Waals surface area contributed by atoms with Gasteiger partial charge in [-0.3, -0.25) is 10.1 Å². The van der Waals surface area contributed by atoms with Crippen LogP contribution in [0.15, 0.2) is 36.4 Å². The Morgan fingerprint density at radius 3 is 2.62 bits per heavy atom. The van der Waals surface area contributed by atoms with Crippen LogP contribution in [-0.4, -0.2) is 53.9 Å². The third-order valence-electron chi connectivity index (χ3n) is 4.30. The summed E-state index contributed by atoms with van der Waals surface area (Å²) in [5, 5.41) is 4.41. The standard InChI is InChI=1S/C16H18N4OS.2ClH/c21-16(13-5-3-7-17-13)20-10-8-19(9-11-20)15-12-4-1-2-6-14(12)22-18-15;;/h1-6,13,17H,7-11H2;2*1H. The quantitative estimate of drug-likeness (QED) is 0.804. The lowest BCUT2D eigenvalue weighted by Crippen LogP contribution is -2.53. The Bertz CT molecular complexity index is 728. The third kappa shape index (κ3) is 3.52. The minimum absolute atomic E-state index is 0. The van der Waals surface area contributed by atoms with Gasteiger partial charge in [-0.2, -0.15) is 4.37 Å². The summed E-state index contributed by atoms with van der Waals surface area (Å²) < 4.78 is 5.83. The summed E-state index contributed by atoms with van der Waals surface area (Å²) in [6.07, 6.45) is 3.98. The fraction of sp³-hybridized carbons (Fsp3) is 0.375. The zero-order valence-electron chi connectivity index (χ0n) is 13.1. The second kappa shape index (κ2) is 8.16. The molecule has 24 heavy (non-hydrogen) atoms. The molecule has 0 spiro atoms. The molecule has 3 heterocycles. The van der Waals surface area contributed by atoms with Gasteiger partial charge < -0.3 is 9.80 Å². The van der Waals surface area contributed by atoms with E-state index in [9.17, 15) is 4.79 Å². The number of benzene rings is 1. The van der Waals surface area contributed by atoms with E-state index in [0.29, 0.717) is 0 Å². The number of fused-ring (bicyclic) bond motifs is 1. The van der Waals surface area contributed by atoms with Crippen LogP contribution in [0.3, 0.4) is 0 Å². The Balaban J connectivity index is 0.00000104. The molecule has 0 aliphatic carbocycles. The van der Waals surface area contributed by atoms with Gasteiger partial charge in [-0.25, -0.2) is 0 Å². The summed E-state index contributed by atoms with van der Waals surface area (Å²) >= 11 is 1.54. The Morgan fingerprint density at radius 1 is 1.17 bits per heavy atom. The largest absolute Gasteiger partial charge is 0.352 e. The molecule has 2 aliphatic heterocycles. The molecule has 1 amide bonds. The van der Waals surface area contributed by atoms with E-state index in [0.717, 1.165) is 38.5 Å². The molecule has 4 rings (SSSR count). The van der Waals surface area contributed by atoms with Crippen LogP contribution >= 0.6 is 36.3 Å². The fourth-order valence-electron chi connectivity index (χ4n) is 3.07. The predicted molar refractivity (Wildman–Crippen MR) is 104 cm³/mol. The molecular formula is C16H20Cl2N4OS. The van der Waals surface area contributed by atoms with Gasteiger partial charge in [0.1, 0.15) is 11.9 Å². The third-order valence-corrected chi connectivity index (χ3v) is 5.12. The molecule has 130 valence electrons. The van der Waals surface area contributed by atoms with Crippen LogP contribution in [0.5, 0.6) is 0 Å². The van der Waals surface area contributed by atoms with E-state index in [1.165, 1.54) is 10.1 Å². The molecular weight excluding hydrogens is 367 g/mol. The van der Waals surface area contributed by atoms with Crippen molar-refractivity contribution in [2.45, 2.75) is 6.04 Å². The molecule has 0 radical (unpaired) electrons.